The molecule has 9 heteroatoms. The molecule has 3 rings (SSSR count). The van der Waals surface area contributed by atoms with Gasteiger partial charge in [0.2, 0.25) is 11.8 Å². The van der Waals surface area contributed by atoms with Gasteiger partial charge in [0.1, 0.15) is 12.3 Å². The van der Waals surface area contributed by atoms with Gasteiger partial charge >= 0.3 is 0 Å². The van der Waals surface area contributed by atoms with Gasteiger partial charge in [0.25, 0.3) is 0 Å². The van der Waals surface area contributed by atoms with Gasteiger partial charge in [-0.25, -0.2) is 4.98 Å². The van der Waals surface area contributed by atoms with Crippen molar-refractivity contribution in [2.24, 2.45) is 0 Å². The average Bonchev–Trinajstić information content (AvgIpc) is 3.39. The van der Waals surface area contributed by atoms with Crippen LogP contribution in [0.4, 0.5) is 5.69 Å². The highest BCUT2D eigenvalue weighted by atomic mass is 32.2. The number of anilines is 1. The first-order valence-corrected chi connectivity index (χ1v) is 9.59. The van der Waals surface area contributed by atoms with E-state index in [1.165, 1.54) is 18.0 Å². The predicted octanol–water partition coefficient (Wildman–Crippen LogP) is 1.39. The van der Waals surface area contributed by atoms with Crippen molar-refractivity contribution in [1.29, 1.82) is 0 Å². The molecule has 3 N–H and O–H groups in total. The first-order chi connectivity index (χ1) is 13.1. The van der Waals surface area contributed by atoms with Crippen LogP contribution in [0.2, 0.25) is 0 Å². The Bertz CT molecular complexity index is 802. The highest BCUT2D eigenvalue weighted by Crippen LogP contribution is 2.21. The van der Waals surface area contributed by atoms with E-state index in [2.05, 4.69) is 15.6 Å². The van der Waals surface area contributed by atoms with Crippen LogP contribution in [-0.4, -0.2) is 45.4 Å². The molecule has 8 nitrogen and oxygen atoms in total. The molecule has 1 aliphatic carbocycles. The zero-order chi connectivity index (χ0) is 19.2. The second-order valence-electron chi connectivity index (χ2n) is 6.18. The molecule has 0 unspecified atom stereocenters. The number of nitrogens with zero attached hydrogens (tertiary/aromatic N) is 2. The van der Waals surface area contributed by atoms with Crippen molar-refractivity contribution in [1.82, 2.24) is 14.9 Å². The molecule has 144 valence electrons. The number of ether oxygens (including phenoxy) is 1. The smallest absolute Gasteiger partial charge is 0.240 e. The summed E-state index contributed by atoms with van der Waals surface area (Å²) < 4.78 is 6.73. The molecule has 1 aliphatic rings. The second-order valence-corrected chi connectivity index (χ2v) is 7.13. The summed E-state index contributed by atoms with van der Waals surface area (Å²) in [5.41, 5.74) is 1.21. The van der Waals surface area contributed by atoms with E-state index in [4.69, 9.17) is 4.74 Å². The van der Waals surface area contributed by atoms with E-state index < -0.39 is 0 Å². The van der Waals surface area contributed by atoms with E-state index in [1.54, 1.807) is 35.9 Å². The van der Waals surface area contributed by atoms with Gasteiger partial charge in [0.15, 0.2) is 5.16 Å². The minimum Gasteiger partial charge on any atom is -0.497 e. The molecular formula is C18H22N4O4S. The highest BCUT2D eigenvalue weighted by Gasteiger charge is 2.24. The molecule has 1 aromatic carbocycles. The number of thioether (sulfide) groups is 1. The zero-order valence-electron chi connectivity index (χ0n) is 15.0. The molecule has 1 aromatic heterocycles. The standard InChI is InChI=1S/C18H22N4O4S/c1-26-15-6-4-13(5-7-15)21-17(25)11-27-18-19-8-14(10-23)22(18)9-16(24)20-12-2-3-12/h4-8,12,23H,2-3,9-11H2,1H3,(H,20,24)(H,21,25). The summed E-state index contributed by atoms with van der Waals surface area (Å²) in [5.74, 6) is 0.547. The maximum Gasteiger partial charge on any atom is 0.240 e. The topological polar surface area (TPSA) is 105 Å². The van der Waals surface area contributed by atoms with Crippen LogP contribution in [0, 0.1) is 0 Å². The van der Waals surface area contributed by atoms with Crippen LogP contribution >= 0.6 is 11.8 Å². The monoisotopic (exact) mass is 390 g/mol. The lowest BCUT2D eigenvalue weighted by molar-refractivity contribution is -0.122. The van der Waals surface area contributed by atoms with Crippen molar-refractivity contribution in [3.8, 4) is 5.75 Å². The summed E-state index contributed by atoms with van der Waals surface area (Å²) >= 11 is 1.22. The molecular weight excluding hydrogens is 368 g/mol. The number of methoxy groups -OCH3 is 1. The number of hydrogen-bond donors (Lipinski definition) is 3. The molecule has 0 aliphatic heterocycles. The van der Waals surface area contributed by atoms with Crippen molar-refractivity contribution in [2.45, 2.75) is 37.2 Å². The van der Waals surface area contributed by atoms with Gasteiger partial charge in [0, 0.05) is 11.7 Å². The molecule has 0 atom stereocenters. The Morgan fingerprint density at radius 3 is 2.67 bits per heavy atom. The minimum atomic E-state index is -0.220. The van der Waals surface area contributed by atoms with Crippen LogP contribution < -0.4 is 15.4 Å². The average molecular weight is 390 g/mol. The van der Waals surface area contributed by atoms with Crippen molar-refractivity contribution in [2.75, 3.05) is 18.2 Å². The summed E-state index contributed by atoms with van der Waals surface area (Å²) in [5, 5.41) is 15.7. The van der Waals surface area contributed by atoms with Crippen LogP contribution in [0.5, 0.6) is 5.75 Å². The number of aliphatic hydroxyl groups excluding tert-OH is 1. The summed E-state index contributed by atoms with van der Waals surface area (Å²) in [6.45, 7) is -0.142. The van der Waals surface area contributed by atoms with Gasteiger partial charge in [-0.1, -0.05) is 11.8 Å². The molecule has 27 heavy (non-hydrogen) atoms. The Hall–Kier alpha value is -2.52. The zero-order valence-corrected chi connectivity index (χ0v) is 15.8. The summed E-state index contributed by atoms with van der Waals surface area (Å²) in [6, 6.07) is 7.32. The van der Waals surface area contributed by atoms with E-state index in [0.29, 0.717) is 22.3 Å². The van der Waals surface area contributed by atoms with E-state index >= 15 is 0 Å². The number of carbonyl (C=O) groups excluding carboxylic acids is 2. The minimum absolute atomic E-state index is 0.0782. The van der Waals surface area contributed by atoms with Gasteiger partial charge in [-0.2, -0.15) is 0 Å². The number of amides is 2. The molecule has 0 saturated heterocycles. The number of benzene rings is 1. The molecule has 1 heterocycles. The molecule has 0 radical (unpaired) electrons. The number of imidazole rings is 1. The van der Waals surface area contributed by atoms with Crippen LogP contribution in [-0.2, 0) is 22.7 Å². The largest absolute Gasteiger partial charge is 0.497 e. The van der Waals surface area contributed by atoms with Gasteiger partial charge in [-0.05, 0) is 37.1 Å². The van der Waals surface area contributed by atoms with Crippen molar-refractivity contribution in [3.63, 3.8) is 0 Å². The third kappa shape index (κ3) is 5.48. The van der Waals surface area contributed by atoms with Gasteiger partial charge < -0.3 is 25.0 Å². The lowest BCUT2D eigenvalue weighted by Crippen LogP contribution is -2.30. The fourth-order valence-corrected chi connectivity index (χ4v) is 3.25. The number of rotatable bonds is 9. The lowest BCUT2D eigenvalue weighted by atomic mass is 10.3. The van der Waals surface area contributed by atoms with Crippen molar-refractivity contribution < 1.29 is 19.4 Å². The van der Waals surface area contributed by atoms with Crippen LogP contribution in [0.1, 0.15) is 18.5 Å². The molecule has 1 saturated carbocycles. The Morgan fingerprint density at radius 2 is 2.04 bits per heavy atom. The highest BCUT2D eigenvalue weighted by molar-refractivity contribution is 7.99. The molecule has 2 aromatic rings. The van der Waals surface area contributed by atoms with Crippen LogP contribution in [0.25, 0.3) is 0 Å². The number of aliphatic hydroxyl groups is 1. The van der Waals surface area contributed by atoms with E-state index in [0.717, 1.165) is 12.8 Å². The molecule has 2 amide bonds. The quantitative estimate of drug-likeness (QED) is 0.559. The van der Waals surface area contributed by atoms with Gasteiger partial charge in [0.05, 0.1) is 31.4 Å². The summed E-state index contributed by atoms with van der Waals surface area (Å²) in [4.78, 5) is 28.5. The molecule has 0 bridgehead atoms. The normalized spacial score (nSPS) is 13.3. The first-order valence-electron chi connectivity index (χ1n) is 8.60. The van der Waals surface area contributed by atoms with Crippen LogP contribution in [0.15, 0.2) is 35.6 Å². The Morgan fingerprint density at radius 1 is 1.30 bits per heavy atom. The lowest BCUT2D eigenvalue weighted by Gasteiger charge is -2.11. The van der Waals surface area contributed by atoms with Crippen molar-refractivity contribution in [3.05, 3.63) is 36.2 Å². The number of nitrogens with one attached hydrogen (secondary N) is 2. The first kappa shape index (κ1) is 19.2. The van der Waals surface area contributed by atoms with E-state index in [9.17, 15) is 14.7 Å². The Labute approximate surface area is 161 Å². The summed E-state index contributed by atoms with van der Waals surface area (Å²) in [7, 11) is 1.58. The maximum atomic E-state index is 12.2. The number of carbonyl (C=O) groups is 2. The van der Waals surface area contributed by atoms with Crippen molar-refractivity contribution >= 4 is 29.3 Å². The van der Waals surface area contributed by atoms with Gasteiger partial charge in [-0.3, -0.25) is 9.59 Å². The SMILES string of the molecule is COc1ccc(NC(=O)CSc2ncc(CO)n2CC(=O)NC2CC2)cc1. The molecule has 1 fully saturated rings. The summed E-state index contributed by atoms with van der Waals surface area (Å²) in [6.07, 6.45) is 3.54. The Kier molecular flexibility index (Phi) is 6.36. The van der Waals surface area contributed by atoms with Gasteiger partial charge in [-0.15, -0.1) is 0 Å². The Balaban J connectivity index is 1.56. The third-order valence-electron chi connectivity index (χ3n) is 4.01. The second kappa shape index (κ2) is 8.92. The van der Waals surface area contributed by atoms with E-state index in [1.807, 2.05) is 0 Å². The maximum absolute atomic E-state index is 12.2. The predicted molar refractivity (Wildman–Crippen MR) is 102 cm³/mol. The fraction of sp³-hybridized carbons (Fsp3) is 0.389. The number of hydrogen-bond acceptors (Lipinski definition) is 6. The van der Waals surface area contributed by atoms with E-state index in [-0.39, 0.29) is 36.8 Å². The molecule has 0 spiro atoms. The number of aromatic nitrogens is 2. The fourth-order valence-electron chi connectivity index (χ4n) is 2.45. The van der Waals surface area contributed by atoms with Crippen LogP contribution in [0.3, 0.4) is 0 Å². The third-order valence-corrected chi connectivity index (χ3v) is 5.00.